The van der Waals surface area contributed by atoms with E-state index in [-0.39, 0.29) is 47.0 Å². The van der Waals surface area contributed by atoms with Crippen LogP contribution in [0, 0.1) is 34.9 Å². The lowest BCUT2D eigenvalue weighted by Crippen LogP contribution is -2.48. The number of imide groups is 2. The predicted octanol–water partition coefficient (Wildman–Crippen LogP) is 5.62. The number of phenolic OH excluding ortho intramolecular Hbond substituents is 1. The van der Waals surface area contributed by atoms with Crippen LogP contribution in [0.4, 0.5) is 10.1 Å². The standard InChI is InChI=1S/C35H30ClFN2O6/c1-35-24(32(42)39(34(35)44)20-9-12-26(37)25(36)15-20)16-23-21(30(35)19-8-13-27(40)28(14-19)45-2)10-11-22-29(23)33(43)38(31(22)41)17-18-6-4-3-5-7-18/h3-10,12-15,22-24,29-30,40H,11,16-17H2,1-2H3/t22-,23+,24-,29-,30-,35+/m0/s1. The Morgan fingerprint density at radius 2 is 1.73 bits per heavy atom. The molecule has 8 nitrogen and oxygen atoms in total. The third-order valence-corrected chi connectivity index (χ3v) is 10.5. The van der Waals surface area contributed by atoms with E-state index in [0.717, 1.165) is 22.1 Å². The van der Waals surface area contributed by atoms with E-state index >= 15 is 0 Å². The van der Waals surface area contributed by atoms with Crippen LogP contribution in [0.15, 0.2) is 78.4 Å². The van der Waals surface area contributed by atoms with Gasteiger partial charge >= 0.3 is 0 Å². The van der Waals surface area contributed by atoms with E-state index in [1.54, 1.807) is 19.1 Å². The third-order valence-electron chi connectivity index (χ3n) is 10.2. The quantitative estimate of drug-likeness (QED) is 0.290. The molecule has 2 aliphatic heterocycles. The fraction of sp³-hybridized carbons (Fsp3) is 0.314. The van der Waals surface area contributed by atoms with Crippen LogP contribution in [0.5, 0.6) is 11.5 Å². The first-order valence-electron chi connectivity index (χ1n) is 14.9. The van der Waals surface area contributed by atoms with Crippen molar-refractivity contribution in [3.8, 4) is 11.5 Å². The Bertz CT molecular complexity index is 1810. The number of halogens is 2. The summed E-state index contributed by atoms with van der Waals surface area (Å²) < 4.78 is 19.5. The van der Waals surface area contributed by atoms with Crippen LogP contribution in [0.1, 0.15) is 36.8 Å². The van der Waals surface area contributed by atoms with Crippen molar-refractivity contribution in [2.45, 2.75) is 32.2 Å². The van der Waals surface area contributed by atoms with Gasteiger partial charge in [0.1, 0.15) is 5.82 Å². The van der Waals surface area contributed by atoms with Gasteiger partial charge in [-0.15, -0.1) is 0 Å². The van der Waals surface area contributed by atoms with Crippen molar-refractivity contribution in [3.05, 3.63) is 100 Å². The summed E-state index contributed by atoms with van der Waals surface area (Å²) in [6.07, 6.45) is 2.46. The summed E-state index contributed by atoms with van der Waals surface area (Å²) in [5, 5.41) is 10.2. The van der Waals surface area contributed by atoms with Crippen LogP contribution in [-0.4, -0.2) is 40.7 Å². The normalized spacial score (nSPS) is 29.0. The average Bonchev–Trinajstić information content (AvgIpc) is 3.39. The van der Waals surface area contributed by atoms with Crippen LogP contribution in [0.25, 0.3) is 0 Å². The van der Waals surface area contributed by atoms with Gasteiger partial charge in [0.2, 0.25) is 23.6 Å². The van der Waals surface area contributed by atoms with Crippen molar-refractivity contribution >= 4 is 40.9 Å². The zero-order chi connectivity index (χ0) is 31.8. The molecule has 0 aromatic heterocycles. The largest absolute Gasteiger partial charge is 0.504 e. The van der Waals surface area contributed by atoms with E-state index < -0.39 is 52.6 Å². The van der Waals surface area contributed by atoms with Crippen molar-refractivity contribution in [2.75, 3.05) is 12.0 Å². The molecule has 0 spiro atoms. The molecular weight excluding hydrogens is 599 g/mol. The number of methoxy groups -OCH3 is 1. The Balaban J connectivity index is 1.35. The SMILES string of the molecule is COc1cc([C@H]2C3=CC[C@@H]4C(=O)N(Cc5ccccc5)C(=O)[C@@H]4[C@@H]3C[C@H]3C(=O)N(c4ccc(F)c(Cl)c4)C(=O)[C@@]23C)ccc1O. The highest BCUT2D eigenvalue weighted by atomic mass is 35.5. The molecule has 45 heavy (non-hydrogen) atoms. The first-order chi connectivity index (χ1) is 21.6. The van der Waals surface area contributed by atoms with Gasteiger partial charge < -0.3 is 9.84 Å². The summed E-state index contributed by atoms with van der Waals surface area (Å²) in [7, 11) is 1.42. The number of phenols is 1. The summed E-state index contributed by atoms with van der Waals surface area (Å²) in [4.78, 5) is 58.9. The smallest absolute Gasteiger partial charge is 0.241 e. The van der Waals surface area contributed by atoms with E-state index in [1.165, 1.54) is 30.2 Å². The molecule has 4 amide bonds. The Kier molecular flexibility index (Phi) is 6.85. The molecule has 6 atom stereocenters. The van der Waals surface area contributed by atoms with E-state index in [9.17, 15) is 28.7 Å². The lowest BCUT2D eigenvalue weighted by atomic mass is 9.51. The minimum absolute atomic E-state index is 0.0856. The number of hydrogen-bond donors (Lipinski definition) is 1. The van der Waals surface area contributed by atoms with Gasteiger partial charge in [-0.25, -0.2) is 9.29 Å². The topological polar surface area (TPSA) is 104 Å². The lowest BCUT2D eigenvalue weighted by molar-refractivity contribution is -0.141. The minimum atomic E-state index is -1.30. The molecular formula is C35H30ClFN2O6. The minimum Gasteiger partial charge on any atom is -0.504 e. The average molecular weight is 629 g/mol. The van der Waals surface area contributed by atoms with Gasteiger partial charge in [-0.1, -0.05) is 59.6 Å². The Labute approximate surface area is 264 Å². The first kappa shape index (κ1) is 29.2. The fourth-order valence-corrected chi connectivity index (χ4v) is 8.30. The summed E-state index contributed by atoms with van der Waals surface area (Å²) in [6, 6.07) is 17.9. The fourth-order valence-electron chi connectivity index (χ4n) is 8.13. The van der Waals surface area contributed by atoms with Crippen molar-refractivity contribution in [1.82, 2.24) is 4.90 Å². The summed E-state index contributed by atoms with van der Waals surface area (Å²) in [5.74, 6) is -5.32. The molecule has 1 saturated carbocycles. The number of nitrogens with zero attached hydrogens (tertiary/aromatic N) is 2. The molecule has 3 aromatic rings. The van der Waals surface area contributed by atoms with Crippen LogP contribution in [-0.2, 0) is 25.7 Å². The highest BCUT2D eigenvalue weighted by Crippen LogP contribution is 2.64. The molecule has 230 valence electrons. The zero-order valence-corrected chi connectivity index (χ0v) is 25.3. The summed E-state index contributed by atoms with van der Waals surface area (Å²) in [6.45, 7) is 1.91. The maximum atomic E-state index is 14.5. The summed E-state index contributed by atoms with van der Waals surface area (Å²) in [5.41, 5.74) is 1.13. The number of aromatic hydroxyl groups is 1. The molecule has 2 heterocycles. The number of likely N-dealkylation sites (tertiary alicyclic amines) is 1. The van der Waals surface area contributed by atoms with Crippen LogP contribution >= 0.6 is 11.6 Å². The zero-order valence-electron chi connectivity index (χ0n) is 24.6. The number of allylic oxidation sites excluding steroid dienone is 2. The van der Waals surface area contributed by atoms with Gasteiger partial charge in [-0.2, -0.15) is 0 Å². The molecule has 0 radical (unpaired) electrons. The van der Waals surface area contributed by atoms with Crippen molar-refractivity contribution in [2.24, 2.45) is 29.1 Å². The van der Waals surface area contributed by atoms with Crippen molar-refractivity contribution in [3.63, 3.8) is 0 Å². The van der Waals surface area contributed by atoms with Gasteiger partial charge in [0, 0.05) is 5.92 Å². The van der Waals surface area contributed by atoms with Crippen molar-refractivity contribution in [1.29, 1.82) is 0 Å². The van der Waals surface area contributed by atoms with E-state index in [1.807, 2.05) is 36.4 Å². The van der Waals surface area contributed by atoms with Gasteiger partial charge in [0.25, 0.3) is 0 Å². The molecule has 3 fully saturated rings. The van der Waals surface area contributed by atoms with Gasteiger partial charge in [0.05, 0.1) is 47.5 Å². The number of ether oxygens (including phenoxy) is 1. The molecule has 10 heteroatoms. The highest BCUT2D eigenvalue weighted by molar-refractivity contribution is 6.31. The second kappa shape index (κ2) is 10.5. The number of benzene rings is 3. The molecule has 4 aliphatic rings. The molecule has 0 unspecified atom stereocenters. The molecule has 2 aliphatic carbocycles. The molecule has 7 rings (SSSR count). The second-order valence-corrected chi connectivity index (χ2v) is 12.8. The number of hydrogen-bond acceptors (Lipinski definition) is 6. The molecule has 3 aromatic carbocycles. The maximum absolute atomic E-state index is 14.5. The van der Waals surface area contributed by atoms with Crippen LogP contribution in [0.2, 0.25) is 5.02 Å². The number of fused-ring (bicyclic) bond motifs is 4. The monoisotopic (exact) mass is 628 g/mol. The highest BCUT2D eigenvalue weighted by Gasteiger charge is 2.67. The van der Waals surface area contributed by atoms with Crippen molar-refractivity contribution < 1.29 is 33.4 Å². The third kappa shape index (κ3) is 4.24. The van der Waals surface area contributed by atoms with E-state index in [4.69, 9.17) is 16.3 Å². The number of amides is 4. The second-order valence-electron chi connectivity index (χ2n) is 12.4. The van der Waals surface area contributed by atoms with E-state index in [2.05, 4.69) is 0 Å². The predicted molar refractivity (Wildman–Crippen MR) is 163 cm³/mol. The number of carbonyl (C=O) groups excluding carboxylic acids is 4. The van der Waals surface area contributed by atoms with Gasteiger partial charge in [-0.3, -0.25) is 24.1 Å². The Morgan fingerprint density at radius 1 is 0.978 bits per heavy atom. The lowest BCUT2D eigenvalue weighted by Gasteiger charge is -2.49. The molecule has 0 bridgehead atoms. The molecule has 1 N–H and O–H groups in total. The van der Waals surface area contributed by atoms with Gasteiger partial charge in [0.15, 0.2) is 11.5 Å². The number of anilines is 1. The molecule has 2 saturated heterocycles. The maximum Gasteiger partial charge on any atom is 0.241 e. The van der Waals surface area contributed by atoms with E-state index in [0.29, 0.717) is 12.0 Å². The summed E-state index contributed by atoms with van der Waals surface area (Å²) >= 11 is 6.06. The van der Waals surface area contributed by atoms with Gasteiger partial charge in [-0.05, 0) is 67.1 Å². The number of rotatable bonds is 5. The Morgan fingerprint density at radius 3 is 2.44 bits per heavy atom. The Hall–Kier alpha value is -4.50. The first-order valence-corrected chi connectivity index (χ1v) is 15.2. The van der Waals surface area contributed by atoms with Crippen LogP contribution in [0.3, 0.4) is 0 Å². The number of carbonyl (C=O) groups is 4. The van der Waals surface area contributed by atoms with Crippen LogP contribution < -0.4 is 9.64 Å².